The lowest BCUT2D eigenvalue weighted by atomic mass is 10.3. The van der Waals surface area contributed by atoms with Crippen molar-refractivity contribution in [2.45, 2.75) is 0 Å². The Morgan fingerprint density at radius 2 is 0.939 bits per heavy atom. The standard InChI is InChI=1S/C12H14N2O2Si.2C4H5NO3/c13-17(14,15-11-7-3-1-4-8-11)16-12-9-5-2-6-10-12;2*5-3(6)1-2-4(7)8/h1-10H,13-14H2;2*1-2H,(H2,5,6)(H,7,8). The number of carboxylic acids is 2. The largest absolute Gasteiger partial charge is 0.644 e. The molecule has 0 saturated heterocycles. The topological polar surface area (TPSA) is 231 Å². The van der Waals surface area contributed by atoms with Crippen molar-refractivity contribution < 1.29 is 38.2 Å². The first-order valence-corrected chi connectivity index (χ1v) is 10.8. The number of benzene rings is 2. The van der Waals surface area contributed by atoms with Crippen molar-refractivity contribution in [3.05, 3.63) is 85.0 Å². The van der Waals surface area contributed by atoms with E-state index in [2.05, 4.69) is 11.5 Å². The van der Waals surface area contributed by atoms with Gasteiger partial charge in [0.1, 0.15) is 11.5 Å². The lowest BCUT2D eigenvalue weighted by molar-refractivity contribution is -0.132. The van der Waals surface area contributed by atoms with Crippen LogP contribution in [0.1, 0.15) is 0 Å². The molecule has 12 nitrogen and oxygen atoms in total. The number of para-hydroxylation sites is 2. The van der Waals surface area contributed by atoms with Gasteiger partial charge in [0.2, 0.25) is 11.8 Å². The normalized spacial score (nSPS) is 10.2. The third-order valence-corrected chi connectivity index (χ3v) is 3.93. The number of nitrogens with two attached hydrogens (primary N) is 4. The van der Waals surface area contributed by atoms with Gasteiger partial charge in [0.15, 0.2) is 0 Å². The molecule has 0 radical (unpaired) electrons. The van der Waals surface area contributed by atoms with E-state index in [1.165, 1.54) is 0 Å². The quantitative estimate of drug-likeness (QED) is 0.215. The van der Waals surface area contributed by atoms with Crippen LogP contribution in [0, 0.1) is 0 Å². The van der Waals surface area contributed by atoms with Crippen LogP contribution < -0.4 is 31.1 Å². The number of hydrogen-bond acceptors (Lipinski definition) is 8. The second kappa shape index (κ2) is 15.4. The Balaban J connectivity index is 0.000000539. The SMILES string of the molecule is NC(=O)C=CC(=O)O.NC(=O)C=CC(=O)O.N[Si](N)(Oc1ccccc1)Oc1ccccc1. The summed E-state index contributed by atoms with van der Waals surface area (Å²) in [4.78, 5) is 38.8. The van der Waals surface area contributed by atoms with Crippen LogP contribution in [-0.2, 0) is 19.2 Å². The van der Waals surface area contributed by atoms with Crippen LogP contribution >= 0.6 is 0 Å². The van der Waals surface area contributed by atoms with Gasteiger partial charge in [-0.05, 0) is 24.3 Å². The van der Waals surface area contributed by atoms with Gasteiger partial charge in [-0.1, -0.05) is 36.4 Å². The van der Waals surface area contributed by atoms with Gasteiger partial charge in [0.25, 0.3) is 0 Å². The van der Waals surface area contributed by atoms with E-state index in [0.717, 1.165) is 12.2 Å². The van der Waals surface area contributed by atoms with Crippen LogP contribution in [0.15, 0.2) is 85.0 Å². The van der Waals surface area contributed by atoms with E-state index in [9.17, 15) is 19.2 Å². The lowest BCUT2D eigenvalue weighted by Gasteiger charge is -2.22. The fourth-order valence-corrected chi connectivity index (χ4v) is 2.72. The highest BCUT2D eigenvalue weighted by Gasteiger charge is 2.34. The van der Waals surface area contributed by atoms with Gasteiger partial charge >= 0.3 is 20.8 Å². The maximum atomic E-state index is 9.78. The highest BCUT2D eigenvalue weighted by molar-refractivity contribution is 6.62. The molecule has 10 N–H and O–H groups in total. The highest BCUT2D eigenvalue weighted by Crippen LogP contribution is 2.14. The molecule has 0 fully saturated rings. The van der Waals surface area contributed by atoms with Crippen LogP contribution in [0.3, 0.4) is 0 Å². The van der Waals surface area contributed by atoms with Crippen molar-refractivity contribution in [3.63, 3.8) is 0 Å². The zero-order valence-corrected chi connectivity index (χ0v) is 18.2. The molecule has 33 heavy (non-hydrogen) atoms. The van der Waals surface area contributed by atoms with E-state index in [1.54, 1.807) is 24.3 Å². The number of amides is 2. The lowest BCUT2D eigenvalue weighted by Crippen LogP contribution is -2.66. The summed E-state index contributed by atoms with van der Waals surface area (Å²) in [6, 6.07) is 18.3. The summed E-state index contributed by atoms with van der Waals surface area (Å²) >= 11 is 0. The average Bonchev–Trinajstić information content (AvgIpc) is 2.72. The van der Waals surface area contributed by atoms with E-state index >= 15 is 0 Å². The van der Waals surface area contributed by atoms with Crippen LogP contribution in [0.25, 0.3) is 0 Å². The van der Waals surface area contributed by atoms with Crippen molar-refractivity contribution in [2.24, 2.45) is 22.3 Å². The average molecular weight is 477 g/mol. The van der Waals surface area contributed by atoms with Gasteiger partial charge < -0.3 is 30.5 Å². The molecular formula is C20H24N4O8Si. The summed E-state index contributed by atoms with van der Waals surface area (Å²) in [6.45, 7) is 0. The second-order valence-corrected chi connectivity index (χ2v) is 7.55. The Kier molecular flexibility index (Phi) is 13.3. The van der Waals surface area contributed by atoms with Crippen LogP contribution in [0.4, 0.5) is 0 Å². The fourth-order valence-electron chi connectivity index (χ4n) is 1.67. The molecule has 0 heterocycles. The maximum absolute atomic E-state index is 9.78. The Labute approximate surface area is 190 Å². The molecule has 176 valence electrons. The molecule has 0 aliphatic rings. The molecule has 0 aromatic heterocycles. The minimum atomic E-state index is -3.18. The predicted molar refractivity (Wildman–Crippen MR) is 120 cm³/mol. The van der Waals surface area contributed by atoms with Gasteiger partial charge in [0, 0.05) is 24.3 Å². The Morgan fingerprint density at radius 1 is 0.636 bits per heavy atom. The molecule has 0 saturated carbocycles. The number of carboxylic acid groups (broad SMARTS) is 2. The third kappa shape index (κ3) is 18.1. The van der Waals surface area contributed by atoms with Crippen LogP contribution in [0.2, 0.25) is 0 Å². The van der Waals surface area contributed by atoms with Gasteiger partial charge in [-0.3, -0.25) is 20.4 Å². The molecular weight excluding hydrogens is 452 g/mol. The zero-order valence-electron chi connectivity index (χ0n) is 17.2. The Morgan fingerprint density at radius 3 is 1.15 bits per heavy atom. The molecule has 0 aliphatic heterocycles. The molecule has 0 spiro atoms. The first-order chi connectivity index (χ1) is 15.4. The molecule has 0 atom stereocenters. The first-order valence-electron chi connectivity index (χ1n) is 8.88. The van der Waals surface area contributed by atoms with Crippen molar-refractivity contribution in [1.29, 1.82) is 0 Å². The fraction of sp³-hybridized carbons (Fsp3) is 0. The Hall–Kier alpha value is -4.46. The van der Waals surface area contributed by atoms with Crippen molar-refractivity contribution >= 4 is 32.6 Å². The molecule has 0 aliphatic carbocycles. The number of carbonyl (C=O) groups is 4. The highest BCUT2D eigenvalue weighted by atomic mass is 28.4. The number of carbonyl (C=O) groups excluding carboxylic acids is 2. The van der Waals surface area contributed by atoms with E-state index in [4.69, 9.17) is 29.9 Å². The number of aliphatic carboxylic acids is 2. The molecule has 0 bridgehead atoms. The first kappa shape index (κ1) is 28.5. The molecule has 2 aromatic carbocycles. The number of rotatable bonds is 8. The van der Waals surface area contributed by atoms with E-state index < -0.39 is 32.6 Å². The predicted octanol–water partition coefficient (Wildman–Crippen LogP) is -0.278. The summed E-state index contributed by atoms with van der Waals surface area (Å²) < 4.78 is 11.0. The molecule has 2 aromatic rings. The summed E-state index contributed by atoms with van der Waals surface area (Å²) in [5.74, 6) is -2.65. The number of primary amides is 2. The third-order valence-electron chi connectivity index (χ3n) is 2.82. The van der Waals surface area contributed by atoms with Crippen molar-refractivity contribution in [2.75, 3.05) is 0 Å². The van der Waals surface area contributed by atoms with Gasteiger partial charge in [-0.2, -0.15) is 0 Å². The molecule has 0 unspecified atom stereocenters. The molecule has 2 amide bonds. The zero-order chi connectivity index (χ0) is 25.3. The Bertz CT molecular complexity index is 857. The van der Waals surface area contributed by atoms with Crippen molar-refractivity contribution in [3.8, 4) is 11.5 Å². The van der Waals surface area contributed by atoms with Gasteiger partial charge in [0.05, 0.1) is 0 Å². The van der Waals surface area contributed by atoms with Gasteiger partial charge in [-0.25, -0.2) is 9.59 Å². The maximum Gasteiger partial charge on any atom is 0.644 e. The second-order valence-electron chi connectivity index (χ2n) is 5.70. The smallest absolute Gasteiger partial charge is 0.490 e. The molecule has 13 heteroatoms. The minimum absolute atomic E-state index is 0.611. The summed E-state index contributed by atoms with van der Waals surface area (Å²) in [6.07, 6.45) is 2.93. The van der Waals surface area contributed by atoms with Crippen LogP contribution in [-0.4, -0.2) is 42.9 Å². The monoisotopic (exact) mass is 476 g/mol. The van der Waals surface area contributed by atoms with E-state index in [-0.39, 0.29) is 0 Å². The summed E-state index contributed by atoms with van der Waals surface area (Å²) in [5, 5.41) is 27.4. The summed E-state index contributed by atoms with van der Waals surface area (Å²) in [5.41, 5.74) is 9.10. The summed E-state index contributed by atoms with van der Waals surface area (Å²) in [7, 11) is -3.18. The number of hydrogen-bond donors (Lipinski definition) is 6. The van der Waals surface area contributed by atoms with E-state index in [0.29, 0.717) is 23.7 Å². The van der Waals surface area contributed by atoms with Crippen molar-refractivity contribution in [1.82, 2.24) is 0 Å². The van der Waals surface area contributed by atoms with Gasteiger partial charge in [-0.15, -0.1) is 0 Å². The van der Waals surface area contributed by atoms with E-state index in [1.807, 2.05) is 36.4 Å². The van der Waals surface area contributed by atoms with Crippen LogP contribution in [0.5, 0.6) is 11.5 Å². The minimum Gasteiger partial charge on any atom is -0.490 e. The molecule has 2 rings (SSSR count).